The molecule has 3 aromatic carbocycles. The van der Waals surface area contributed by atoms with Gasteiger partial charge in [-0.05, 0) is 54.2 Å². The van der Waals surface area contributed by atoms with Crippen LogP contribution < -0.4 is 0 Å². The van der Waals surface area contributed by atoms with Crippen molar-refractivity contribution in [2.75, 3.05) is 7.05 Å². The molecule has 2 aliphatic rings. The average Bonchev–Trinajstić information content (AvgIpc) is 3.42. The molecule has 0 saturated heterocycles. The molecule has 5 rings (SSSR count). The Bertz CT molecular complexity index is 1190. The van der Waals surface area contributed by atoms with E-state index in [0.717, 1.165) is 12.3 Å². The fourth-order valence-corrected chi connectivity index (χ4v) is 5.84. The summed E-state index contributed by atoms with van der Waals surface area (Å²) in [5.74, 6) is 0.903. The maximum atomic E-state index is 2.46. The lowest BCUT2D eigenvalue weighted by Crippen LogP contribution is -2.30. The molecule has 0 spiro atoms. The van der Waals surface area contributed by atoms with E-state index in [1.165, 1.54) is 65.4 Å². The zero-order valence-corrected chi connectivity index (χ0v) is 19.4. The Balaban J connectivity index is 1.54. The van der Waals surface area contributed by atoms with Crippen molar-refractivity contribution in [2.24, 2.45) is 5.92 Å². The standard InChI is InChI=1S/C31H34N/c1-31(23-11-10-16-24-14-6-7-15-24)29(22-19-25-12-4-3-5-13-25)32(2)28-21-20-26-17-8-9-18-27(26)30(28)31/h3-5,8-13,17-22,24H,6-7,14-16,23H2,1-2H3/q+1. The quantitative estimate of drug-likeness (QED) is 0.280. The molecule has 1 aliphatic heterocycles. The van der Waals surface area contributed by atoms with Crippen molar-refractivity contribution in [1.82, 2.24) is 0 Å². The normalized spacial score (nSPS) is 21.4. The highest BCUT2D eigenvalue weighted by atomic mass is 15.0. The third-order valence-electron chi connectivity index (χ3n) is 7.62. The lowest BCUT2D eigenvalue weighted by molar-refractivity contribution is -0.401. The van der Waals surface area contributed by atoms with Crippen LogP contribution in [0, 0.1) is 5.92 Å². The molecule has 162 valence electrons. The second-order valence-corrected chi connectivity index (χ2v) is 9.76. The lowest BCUT2D eigenvalue weighted by Gasteiger charge is -2.22. The largest absolute Gasteiger partial charge is 0.210 e. The van der Waals surface area contributed by atoms with E-state index in [4.69, 9.17) is 0 Å². The number of allylic oxidation sites excluding steroid dienone is 3. The SMILES string of the molecule is C[N+]1=C(C=Cc2ccccc2)C(C)(CC=CCC2CCCC2)c2c1ccc1ccccc21. The van der Waals surface area contributed by atoms with Gasteiger partial charge in [0.25, 0.3) is 0 Å². The molecule has 32 heavy (non-hydrogen) atoms. The first-order valence-electron chi connectivity index (χ1n) is 12.2. The molecule has 1 fully saturated rings. The molecule has 0 amide bonds. The monoisotopic (exact) mass is 420 g/mol. The molecule has 1 unspecified atom stereocenters. The Morgan fingerprint density at radius 3 is 2.44 bits per heavy atom. The maximum absolute atomic E-state index is 2.46. The molecule has 0 bridgehead atoms. The third-order valence-corrected chi connectivity index (χ3v) is 7.62. The van der Waals surface area contributed by atoms with Crippen LogP contribution in [0.5, 0.6) is 0 Å². The van der Waals surface area contributed by atoms with Gasteiger partial charge in [0.2, 0.25) is 5.69 Å². The van der Waals surface area contributed by atoms with E-state index in [1.54, 1.807) is 0 Å². The lowest BCUT2D eigenvalue weighted by atomic mass is 9.74. The molecule has 0 N–H and O–H groups in total. The van der Waals surface area contributed by atoms with Crippen molar-refractivity contribution < 1.29 is 4.58 Å². The predicted octanol–water partition coefficient (Wildman–Crippen LogP) is 8.07. The van der Waals surface area contributed by atoms with E-state index in [9.17, 15) is 0 Å². The van der Waals surface area contributed by atoms with Crippen molar-refractivity contribution in [3.8, 4) is 0 Å². The summed E-state index contributed by atoms with van der Waals surface area (Å²) in [5, 5.41) is 2.71. The predicted molar refractivity (Wildman–Crippen MR) is 138 cm³/mol. The third kappa shape index (κ3) is 3.86. The highest BCUT2D eigenvalue weighted by Crippen LogP contribution is 2.46. The maximum Gasteiger partial charge on any atom is 0.210 e. The molecule has 0 radical (unpaired) electrons. The van der Waals surface area contributed by atoms with E-state index in [2.05, 4.69) is 110 Å². The van der Waals surface area contributed by atoms with Gasteiger partial charge < -0.3 is 0 Å². The van der Waals surface area contributed by atoms with Gasteiger partial charge in [0, 0.05) is 17.7 Å². The number of benzene rings is 3. The first-order chi connectivity index (χ1) is 15.7. The van der Waals surface area contributed by atoms with Crippen LogP contribution in [0.15, 0.2) is 85.0 Å². The van der Waals surface area contributed by atoms with Crippen LogP contribution in [0.1, 0.15) is 56.6 Å². The number of nitrogens with zero attached hydrogens (tertiary/aromatic N) is 1. The molecular weight excluding hydrogens is 386 g/mol. The minimum atomic E-state index is -0.0532. The Morgan fingerprint density at radius 2 is 1.62 bits per heavy atom. The van der Waals surface area contributed by atoms with Gasteiger partial charge in [-0.25, -0.2) is 0 Å². The smallest absolute Gasteiger partial charge is 0.198 e. The van der Waals surface area contributed by atoms with Crippen LogP contribution in [0.3, 0.4) is 0 Å². The van der Waals surface area contributed by atoms with Gasteiger partial charge in [-0.1, -0.05) is 92.4 Å². The summed E-state index contributed by atoms with van der Waals surface area (Å²) in [6.45, 7) is 2.44. The molecule has 1 heterocycles. The van der Waals surface area contributed by atoms with Gasteiger partial charge in [-0.2, -0.15) is 4.58 Å². The molecule has 3 aromatic rings. The van der Waals surface area contributed by atoms with E-state index < -0.39 is 0 Å². The van der Waals surface area contributed by atoms with E-state index in [1.807, 2.05) is 0 Å². The van der Waals surface area contributed by atoms with Gasteiger partial charge in [-0.3, -0.25) is 0 Å². The first-order valence-corrected chi connectivity index (χ1v) is 12.2. The highest BCUT2D eigenvalue weighted by Gasteiger charge is 2.46. The zero-order valence-electron chi connectivity index (χ0n) is 19.4. The van der Waals surface area contributed by atoms with Gasteiger partial charge in [0.05, 0.1) is 5.41 Å². The molecule has 1 saturated carbocycles. The van der Waals surface area contributed by atoms with E-state index in [0.29, 0.717) is 0 Å². The molecule has 1 heteroatoms. The second-order valence-electron chi connectivity index (χ2n) is 9.76. The van der Waals surface area contributed by atoms with E-state index >= 15 is 0 Å². The van der Waals surface area contributed by atoms with Gasteiger partial charge in [0.1, 0.15) is 7.05 Å². The van der Waals surface area contributed by atoms with Crippen LogP contribution >= 0.6 is 0 Å². The molecule has 0 aromatic heterocycles. The topological polar surface area (TPSA) is 3.01 Å². The Morgan fingerprint density at radius 1 is 0.875 bits per heavy atom. The Kier molecular flexibility index (Phi) is 5.83. The minimum Gasteiger partial charge on any atom is -0.198 e. The molecule has 1 nitrogen and oxygen atoms in total. The fraction of sp³-hybridized carbons (Fsp3) is 0.323. The molecule has 1 atom stereocenters. The summed E-state index contributed by atoms with van der Waals surface area (Å²) in [7, 11) is 2.23. The number of hydrogen-bond donors (Lipinski definition) is 0. The zero-order chi connectivity index (χ0) is 22.0. The minimum absolute atomic E-state index is 0.0532. The first kappa shape index (κ1) is 20.9. The van der Waals surface area contributed by atoms with Crippen LogP contribution in [0.2, 0.25) is 0 Å². The van der Waals surface area contributed by atoms with E-state index in [-0.39, 0.29) is 5.41 Å². The Labute approximate surface area is 192 Å². The van der Waals surface area contributed by atoms with Crippen LogP contribution in [0.4, 0.5) is 5.69 Å². The average molecular weight is 421 g/mol. The summed E-state index contributed by atoms with van der Waals surface area (Å²) in [5.41, 5.74) is 5.37. The van der Waals surface area contributed by atoms with Gasteiger partial charge >= 0.3 is 0 Å². The second kappa shape index (κ2) is 8.90. The number of rotatable bonds is 6. The summed E-state index contributed by atoms with van der Waals surface area (Å²) in [4.78, 5) is 0. The fourth-order valence-electron chi connectivity index (χ4n) is 5.84. The number of hydrogen-bond acceptors (Lipinski definition) is 0. The van der Waals surface area contributed by atoms with Crippen LogP contribution in [0.25, 0.3) is 16.8 Å². The van der Waals surface area contributed by atoms with Crippen molar-refractivity contribution in [3.05, 3.63) is 96.1 Å². The van der Waals surface area contributed by atoms with Crippen molar-refractivity contribution in [1.29, 1.82) is 0 Å². The summed E-state index contributed by atoms with van der Waals surface area (Å²) in [6, 6.07) is 24.1. The van der Waals surface area contributed by atoms with Gasteiger partial charge in [-0.15, -0.1) is 0 Å². The van der Waals surface area contributed by atoms with Crippen molar-refractivity contribution in [3.63, 3.8) is 0 Å². The van der Waals surface area contributed by atoms with Crippen LogP contribution in [-0.2, 0) is 5.41 Å². The molecular formula is C31H34N+. The summed E-state index contributed by atoms with van der Waals surface area (Å²) >= 11 is 0. The van der Waals surface area contributed by atoms with Gasteiger partial charge in [0.15, 0.2) is 5.71 Å². The highest BCUT2D eigenvalue weighted by molar-refractivity contribution is 6.09. The van der Waals surface area contributed by atoms with Crippen molar-refractivity contribution in [2.45, 2.75) is 50.9 Å². The summed E-state index contributed by atoms with van der Waals surface area (Å²) < 4.78 is 2.41. The van der Waals surface area contributed by atoms with Crippen molar-refractivity contribution >= 4 is 28.2 Å². The Hall–Kier alpha value is -2.93. The number of fused-ring (bicyclic) bond motifs is 3. The van der Waals surface area contributed by atoms with Crippen LogP contribution in [-0.4, -0.2) is 17.3 Å². The summed E-state index contributed by atoms with van der Waals surface area (Å²) in [6.07, 6.45) is 17.5. The molecule has 1 aliphatic carbocycles.